The number of amides is 3. The first kappa shape index (κ1) is 17.2. The zero-order valence-electron chi connectivity index (χ0n) is 15.2. The van der Waals surface area contributed by atoms with Crippen LogP contribution in [0.5, 0.6) is 0 Å². The standard InChI is InChI=1S/C19H19ClN6O2/c20-13-3-5-14(6-4-13)26-18-15(11-22-26)17-21-7-10-24(17)19(28)25(18)12-16(27)23-8-1-2-9-23/h3-6,11H,1-2,7-10,12H2. The number of urea groups is 1. The molecule has 5 rings (SSSR count). The van der Waals surface area contributed by atoms with E-state index in [2.05, 4.69) is 10.1 Å². The van der Waals surface area contributed by atoms with Crippen molar-refractivity contribution in [1.29, 1.82) is 0 Å². The van der Waals surface area contributed by atoms with Crippen LogP contribution in [0.2, 0.25) is 5.02 Å². The lowest BCUT2D eigenvalue weighted by atomic mass is 10.2. The minimum absolute atomic E-state index is 0.00506. The average molecular weight is 399 g/mol. The molecule has 2 aromatic rings. The van der Waals surface area contributed by atoms with Crippen LogP contribution in [0.1, 0.15) is 18.4 Å². The minimum Gasteiger partial charge on any atom is -0.341 e. The lowest BCUT2D eigenvalue weighted by molar-refractivity contribution is -0.128. The Morgan fingerprint density at radius 2 is 1.86 bits per heavy atom. The summed E-state index contributed by atoms with van der Waals surface area (Å²) in [6.07, 6.45) is 3.73. The van der Waals surface area contributed by atoms with E-state index >= 15 is 0 Å². The number of amidine groups is 1. The van der Waals surface area contributed by atoms with Gasteiger partial charge in [0, 0.05) is 24.7 Å². The number of aromatic nitrogens is 2. The molecule has 0 unspecified atom stereocenters. The number of carbonyl (C=O) groups excluding carboxylic acids is 2. The molecule has 3 aliphatic heterocycles. The molecule has 1 fully saturated rings. The Bertz CT molecular complexity index is 977. The first-order valence-electron chi connectivity index (χ1n) is 9.39. The number of hydrogen-bond acceptors (Lipinski definition) is 4. The maximum Gasteiger partial charge on any atom is 0.331 e. The van der Waals surface area contributed by atoms with Crippen molar-refractivity contribution in [2.24, 2.45) is 4.99 Å². The van der Waals surface area contributed by atoms with Gasteiger partial charge in [0.25, 0.3) is 0 Å². The number of carbonyl (C=O) groups is 2. The third-order valence-electron chi connectivity index (χ3n) is 5.37. The zero-order valence-corrected chi connectivity index (χ0v) is 16.0. The van der Waals surface area contributed by atoms with Crippen LogP contribution < -0.4 is 4.90 Å². The van der Waals surface area contributed by atoms with Crippen molar-refractivity contribution in [3.63, 3.8) is 0 Å². The fourth-order valence-electron chi connectivity index (χ4n) is 3.98. The molecule has 3 aliphatic rings. The summed E-state index contributed by atoms with van der Waals surface area (Å²) in [6, 6.07) is 6.99. The number of hydrogen-bond donors (Lipinski definition) is 0. The second kappa shape index (κ2) is 6.63. The van der Waals surface area contributed by atoms with Gasteiger partial charge in [-0.2, -0.15) is 5.10 Å². The maximum absolute atomic E-state index is 13.2. The second-order valence-corrected chi connectivity index (χ2v) is 7.52. The van der Waals surface area contributed by atoms with Crippen LogP contribution in [0.15, 0.2) is 35.5 Å². The Hall–Kier alpha value is -2.87. The summed E-state index contributed by atoms with van der Waals surface area (Å²) in [4.78, 5) is 35.5. The van der Waals surface area contributed by atoms with E-state index < -0.39 is 0 Å². The summed E-state index contributed by atoms with van der Waals surface area (Å²) in [5.74, 6) is 1.17. The fourth-order valence-corrected chi connectivity index (χ4v) is 4.10. The normalized spacial score (nSPS) is 18.4. The highest BCUT2D eigenvalue weighted by molar-refractivity contribution is 6.30. The fraction of sp³-hybridized carbons (Fsp3) is 0.368. The number of fused-ring (bicyclic) bond motifs is 3. The molecule has 1 aromatic carbocycles. The second-order valence-electron chi connectivity index (χ2n) is 7.08. The molecular weight excluding hydrogens is 380 g/mol. The lowest BCUT2D eigenvalue weighted by Crippen LogP contribution is -2.53. The van der Waals surface area contributed by atoms with E-state index in [1.54, 1.807) is 27.9 Å². The van der Waals surface area contributed by atoms with Gasteiger partial charge in [-0.05, 0) is 37.1 Å². The molecule has 0 aliphatic carbocycles. The van der Waals surface area contributed by atoms with Gasteiger partial charge in [-0.1, -0.05) is 11.6 Å². The van der Waals surface area contributed by atoms with Crippen molar-refractivity contribution in [3.05, 3.63) is 41.0 Å². The number of nitrogens with zero attached hydrogens (tertiary/aromatic N) is 6. The molecule has 3 amide bonds. The van der Waals surface area contributed by atoms with Gasteiger partial charge in [-0.3, -0.25) is 19.6 Å². The third kappa shape index (κ3) is 2.67. The van der Waals surface area contributed by atoms with Crippen LogP contribution >= 0.6 is 11.6 Å². The molecule has 4 heterocycles. The number of rotatable bonds is 3. The predicted molar refractivity (Wildman–Crippen MR) is 105 cm³/mol. The van der Waals surface area contributed by atoms with E-state index in [0.29, 0.717) is 29.8 Å². The molecule has 0 saturated carbocycles. The highest BCUT2D eigenvalue weighted by Gasteiger charge is 2.41. The quantitative estimate of drug-likeness (QED) is 0.795. The van der Waals surface area contributed by atoms with E-state index in [1.165, 1.54) is 4.90 Å². The van der Waals surface area contributed by atoms with Crippen LogP contribution in [0.25, 0.3) is 5.69 Å². The van der Waals surface area contributed by atoms with Gasteiger partial charge in [0.2, 0.25) is 5.91 Å². The van der Waals surface area contributed by atoms with Gasteiger partial charge in [-0.15, -0.1) is 0 Å². The van der Waals surface area contributed by atoms with Gasteiger partial charge < -0.3 is 4.90 Å². The minimum atomic E-state index is -0.230. The summed E-state index contributed by atoms with van der Waals surface area (Å²) in [5.41, 5.74) is 1.53. The van der Waals surface area contributed by atoms with Crippen molar-refractivity contribution >= 4 is 35.2 Å². The number of anilines is 1. The molecule has 9 heteroatoms. The van der Waals surface area contributed by atoms with Crippen molar-refractivity contribution in [1.82, 2.24) is 19.6 Å². The predicted octanol–water partition coefficient (Wildman–Crippen LogP) is 2.15. The summed E-state index contributed by atoms with van der Waals surface area (Å²) in [7, 11) is 0. The highest BCUT2D eigenvalue weighted by Crippen LogP contribution is 2.33. The lowest BCUT2D eigenvalue weighted by Gasteiger charge is -2.34. The van der Waals surface area contributed by atoms with E-state index in [9.17, 15) is 9.59 Å². The van der Waals surface area contributed by atoms with Crippen LogP contribution in [-0.4, -0.2) is 70.1 Å². The van der Waals surface area contributed by atoms with Crippen LogP contribution in [0, 0.1) is 0 Å². The molecule has 144 valence electrons. The molecular formula is C19H19ClN6O2. The molecule has 0 spiro atoms. The van der Waals surface area contributed by atoms with E-state index in [4.69, 9.17) is 11.6 Å². The van der Waals surface area contributed by atoms with Gasteiger partial charge in [0.05, 0.1) is 24.0 Å². The number of benzene rings is 1. The Morgan fingerprint density at radius 1 is 1.11 bits per heavy atom. The summed E-state index contributed by atoms with van der Waals surface area (Å²) in [5, 5.41) is 5.11. The summed E-state index contributed by atoms with van der Waals surface area (Å²) in [6.45, 7) is 2.57. The SMILES string of the molecule is O=C(CN1C(=O)N2CCN=C2c2cnn(-c3ccc(Cl)cc3)c21)N1CCCC1. The van der Waals surface area contributed by atoms with E-state index in [-0.39, 0.29) is 18.5 Å². The molecule has 0 atom stereocenters. The Kier molecular flexibility index (Phi) is 4.08. The van der Waals surface area contributed by atoms with Crippen LogP contribution in [0.3, 0.4) is 0 Å². The van der Waals surface area contributed by atoms with Gasteiger partial charge in [-0.25, -0.2) is 9.48 Å². The third-order valence-corrected chi connectivity index (χ3v) is 5.62. The van der Waals surface area contributed by atoms with Crippen LogP contribution in [-0.2, 0) is 4.79 Å². The molecule has 8 nitrogen and oxygen atoms in total. The van der Waals surface area contributed by atoms with Crippen molar-refractivity contribution in [3.8, 4) is 5.69 Å². The van der Waals surface area contributed by atoms with Gasteiger partial charge >= 0.3 is 6.03 Å². The maximum atomic E-state index is 13.2. The first-order chi connectivity index (χ1) is 13.6. The van der Waals surface area contributed by atoms with Crippen molar-refractivity contribution in [2.45, 2.75) is 12.8 Å². The van der Waals surface area contributed by atoms with Crippen molar-refractivity contribution < 1.29 is 9.59 Å². The highest BCUT2D eigenvalue weighted by atomic mass is 35.5. The molecule has 0 radical (unpaired) electrons. The number of aliphatic imine (C=N–C) groups is 1. The van der Waals surface area contributed by atoms with E-state index in [0.717, 1.165) is 37.2 Å². The smallest absolute Gasteiger partial charge is 0.331 e. The Balaban J connectivity index is 1.58. The number of halogens is 1. The summed E-state index contributed by atoms with van der Waals surface area (Å²) >= 11 is 6.01. The summed E-state index contributed by atoms with van der Waals surface area (Å²) < 4.78 is 1.68. The largest absolute Gasteiger partial charge is 0.341 e. The number of likely N-dealkylation sites (tertiary alicyclic amines) is 1. The monoisotopic (exact) mass is 398 g/mol. The molecule has 0 N–H and O–H groups in total. The molecule has 28 heavy (non-hydrogen) atoms. The van der Waals surface area contributed by atoms with E-state index in [1.807, 2.05) is 17.0 Å². The average Bonchev–Trinajstić information content (AvgIpc) is 3.45. The van der Waals surface area contributed by atoms with Gasteiger partial charge in [0.15, 0.2) is 5.82 Å². The Labute approximate surface area is 167 Å². The topological polar surface area (TPSA) is 74.0 Å². The first-order valence-corrected chi connectivity index (χ1v) is 9.77. The van der Waals surface area contributed by atoms with Crippen LogP contribution in [0.4, 0.5) is 10.6 Å². The van der Waals surface area contributed by atoms with Gasteiger partial charge in [0.1, 0.15) is 12.4 Å². The molecule has 0 bridgehead atoms. The zero-order chi connectivity index (χ0) is 19.3. The molecule has 1 saturated heterocycles. The van der Waals surface area contributed by atoms with Crippen molar-refractivity contribution in [2.75, 3.05) is 37.6 Å². The molecule has 1 aromatic heterocycles. The Morgan fingerprint density at radius 3 is 2.61 bits per heavy atom.